The van der Waals surface area contributed by atoms with E-state index in [4.69, 9.17) is 21.1 Å². The number of benzene rings is 3. The van der Waals surface area contributed by atoms with E-state index in [1.165, 1.54) is 12.8 Å². The van der Waals surface area contributed by atoms with E-state index >= 15 is 0 Å². The quantitative estimate of drug-likeness (QED) is 0.432. The number of ether oxygens (including phenoxy) is 2. The van der Waals surface area contributed by atoms with Crippen molar-refractivity contribution in [1.29, 1.82) is 0 Å². The molecule has 1 saturated heterocycles. The molecule has 1 fully saturated rings. The second-order valence-electron chi connectivity index (χ2n) is 9.88. The summed E-state index contributed by atoms with van der Waals surface area (Å²) in [4.78, 5) is 17.5. The Balaban J connectivity index is 1.43. The molecule has 2 aliphatic rings. The van der Waals surface area contributed by atoms with E-state index < -0.39 is 0 Å². The average molecular weight is 505 g/mol. The van der Waals surface area contributed by atoms with E-state index in [0.717, 1.165) is 46.8 Å². The summed E-state index contributed by atoms with van der Waals surface area (Å²) < 4.78 is 12.7. The van der Waals surface area contributed by atoms with Gasteiger partial charge in [-0.15, -0.1) is 0 Å². The molecule has 6 heteroatoms. The molecule has 0 radical (unpaired) electrons. The van der Waals surface area contributed by atoms with Crippen LogP contribution in [0.15, 0.2) is 66.7 Å². The number of carbonyl (C=O) groups excluding carboxylic acids is 1. The standard InChI is InChI=1S/C30H33ClN2O3/c1-32-12-6-9-23(19-32)21-36-28-18-25(24-10-5-11-27(31)17-24)16-26-20-33(13-14-35-30(26)28)29(34)15-22-7-3-2-4-8-22/h2-5,7-8,10-11,16-18,23H,6,9,12-15,19-21H2,1H3/t23-/m0/s1. The molecule has 0 unspecified atom stereocenters. The summed E-state index contributed by atoms with van der Waals surface area (Å²) in [7, 11) is 2.17. The van der Waals surface area contributed by atoms with Crippen molar-refractivity contribution < 1.29 is 14.3 Å². The maximum Gasteiger partial charge on any atom is 0.227 e. The van der Waals surface area contributed by atoms with Crippen molar-refractivity contribution in [2.45, 2.75) is 25.8 Å². The lowest BCUT2D eigenvalue weighted by Crippen LogP contribution is -2.34. The highest BCUT2D eigenvalue weighted by Crippen LogP contribution is 2.39. The van der Waals surface area contributed by atoms with E-state index in [1.54, 1.807) is 0 Å². The molecule has 0 bridgehead atoms. The number of amides is 1. The van der Waals surface area contributed by atoms with Crippen LogP contribution in [0, 0.1) is 5.92 Å². The van der Waals surface area contributed by atoms with Gasteiger partial charge in [-0.25, -0.2) is 0 Å². The van der Waals surface area contributed by atoms with Crippen molar-refractivity contribution in [1.82, 2.24) is 9.80 Å². The Morgan fingerprint density at radius 2 is 1.92 bits per heavy atom. The van der Waals surface area contributed by atoms with Crippen molar-refractivity contribution in [3.8, 4) is 22.6 Å². The summed E-state index contributed by atoms with van der Waals surface area (Å²) >= 11 is 6.31. The molecular weight excluding hydrogens is 472 g/mol. The van der Waals surface area contributed by atoms with Gasteiger partial charge in [-0.05, 0) is 67.4 Å². The maximum atomic E-state index is 13.2. The van der Waals surface area contributed by atoms with Crippen LogP contribution in [0.4, 0.5) is 0 Å². The van der Waals surface area contributed by atoms with Gasteiger partial charge < -0.3 is 19.3 Å². The molecule has 1 amide bonds. The van der Waals surface area contributed by atoms with Crippen molar-refractivity contribution >= 4 is 17.5 Å². The van der Waals surface area contributed by atoms with Gasteiger partial charge in [-0.1, -0.05) is 54.1 Å². The largest absolute Gasteiger partial charge is 0.489 e. The van der Waals surface area contributed by atoms with Crippen LogP contribution in [0.25, 0.3) is 11.1 Å². The first-order valence-electron chi connectivity index (χ1n) is 12.7. The predicted molar refractivity (Wildman–Crippen MR) is 144 cm³/mol. The maximum absolute atomic E-state index is 13.2. The smallest absolute Gasteiger partial charge is 0.227 e. The fraction of sp³-hybridized carbons (Fsp3) is 0.367. The van der Waals surface area contributed by atoms with Crippen LogP contribution in [0.5, 0.6) is 11.5 Å². The molecule has 3 aromatic rings. The lowest BCUT2D eigenvalue weighted by atomic mass is 9.99. The normalized spacial score (nSPS) is 18.2. The Labute approximate surface area is 218 Å². The van der Waals surface area contributed by atoms with Crippen LogP contribution >= 0.6 is 11.6 Å². The minimum atomic E-state index is 0.0959. The Kier molecular flexibility index (Phi) is 7.78. The molecule has 0 N–H and O–H groups in total. The van der Waals surface area contributed by atoms with Crippen LogP contribution in [0.1, 0.15) is 24.0 Å². The van der Waals surface area contributed by atoms with Gasteiger partial charge in [0.15, 0.2) is 11.5 Å². The number of likely N-dealkylation sites (tertiary alicyclic amines) is 1. The van der Waals surface area contributed by atoms with E-state index in [1.807, 2.05) is 59.5 Å². The molecule has 36 heavy (non-hydrogen) atoms. The zero-order valence-corrected chi connectivity index (χ0v) is 21.5. The molecule has 5 nitrogen and oxygen atoms in total. The molecule has 3 aromatic carbocycles. The monoisotopic (exact) mass is 504 g/mol. The summed E-state index contributed by atoms with van der Waals surface area (Å²) in [5.74, 6) is 2.08. The number of nitrogens with zero attached hydrogens (tertiary/aromatic N) is 2. The Hall–Kier alpha value is -3.02. The summed E-state index contributed by atoms with van der Waals surface area (Å²) in [5.41, 5.74) is 4.00. The minimum absolute atomic E-state index is 0.0959. The first kappa shape index (κ1) is 24.7. The fourth-order valence-electron chi connectivity index (χ4n) is 5.14. The minimum Gasteiger partial charge on any atom is -0.489 e. The molecule has 188 valence electrons. The first-order chi connectivity index (χ1) is 17.5. The van der Waals surface area contributed by atoms with Gasteiger partial charge in [0.25, 0.3) is 0 Å². The molecule has 0 saturated carbocycles. The summed E-state index contributed by atoms with van der Waals surface area (Å²) in [6, 6.07) is 21.9. The highest BCUT2D eigenvalue weighted by atomic mass is 35.5. The van der Waals surface area contributed by atoms with E-state index in [-0.39, 0.29) is 5.91 Å². The van der Waals surface area contributed by atoms with Gasteiger partial charge in [0.05, 0.1) is 19.6 Å². The molecule has 2 heterocycles. The first-order valence-corrected chi connectivity index (χ1v) is 13.1. The molecule has 5 rings (SSSR count). The summed E-state index contributed by atoms with van der Waals surface area (Å²) in [6.07, 6.45) is 2.74. The van der Waals surface area contributed by atoms with Gasteiger partial charge in [0, 0.05) is 29.6 Å². The number of piperidine rings is 1. The Morgan fingerprint density at radius 3 is 2.72 bits per heavy atom. The molecule has 1 atom stereocenters. The molecule has 0 aliphatic carbocycles. The van der Waals surface area contributed by atoms with Crippen LogP contribution in [-0.2, 0) is 17.8 Å². The third kappa shape index (κ3) is 6.03. The van der Waals surface area contributed by atoms with Crippen LogP contribution in [0.3, 0.4) is 0 Å². The predicted octanol–water partition coefficient (Wildman–Crippen LogP) is 5.69. The fourth-order valence-corrected chi connectivity index (χ4v) is 5.33. The number of halogens is 1. The van der Waals surface area contributed by atoms with Gasteiger partial charge >= 0.3 is 0 Å². The third-order valence-electron chi connectivity index (χ3n) is 7.01. The van der Waals surface area contributed by atoms with E-state index in [9.17, 15) is 4.79 Å². The van der Waals surface area contributed by atoms with Gasteiger partial charge in [-0.3, -0.25) is 4.79 Å². The molecule has 0 spiro atoms. The van der Waals surface area contributed by atoms with Crippen molar-refractivity contribution in [2.24, 2.45) is 5.92 Å². The van der Waals surface area contributed by atoms with Crippen molar-refractivity contribution in [2.75, 3.05) is 39.9 Å². The van der Waals surface area contributed by atoms with Gasteiger partial charge in [-0.2, -0.15) is 0 Å². The second-order valence-corrected chi connectivity index (χ2v) is 10.3. The number of carbonyl (C=O) groups is 1. The van der Waals surface area contributed by atoms with Crippen LogP contribution in [0.2, 0.25) is 5.02 Å². The summed E-state index contributed by atoms with van der Waals surface area (Å²) in [6.45, 7) is 4.30. The van der Waals surface area contributed by atoms with E-state index in [2.05, 4.69) is 24.1 Å². The topological polar surface area (TPSA) is 42.0 Å². The summed E-state index contributed by atoms with van der Waals surface area (Å²) in [5, 5.41) is 0.686. The Bertz CT molecular complexity index is 1200. The van der Waals surface area contributed by atoms with Gasteiger partial charge in [0.1, 0.15) is 6.61 Å². The number of hydrogen-bond acceptors (Lipinski definition) is 4. The van der Waals surface area contributed by atoms with Crippen LogP contribution in [-0.4, -0.2) is 55.6 Å². The highest BCUT2D eigenvalue weighted by molar-refractivity contribution is 6.30. The second kappa shape index (κ2) is 11.4. The van der Waals surface area contributed by atoms with Crippen LogP contribution < -0.4 is 9.47 Å². The van der Waals surface area contributed by atoms with E-state index in [0.29, 0.717) is 43.7 Å². The van der Waals surface area contributed by atoms with Crippen molar-refractivity contribution in [3.63, 3.8) is 0 Å². The van der Waals surface area contributed by atoms with Crippen molar-refractivity contribution in [3.05, 3.63) is 82.9 Å². The lowest BCUT2D eigenvalue weighted by Gasteiger charge is -2.29. The van der Waals surface area contributed by atoms with Gasteiger partial charge in [0.2, 0.25) is 5.91 Å². The molecule has 0 aromatic heterocycles. The number of hydrogen-bond donors (Lipinski definition) is 0. The zero-order chi connectivity index (χ0) is 24.9. The number of fused-ring (bicyclic) bond motifs is 1. The SMILES string of the molecule is CN1CCC[C@H](COc2cc(-c3cccc(Cl)c3)cc3c2OCCN(C(=O)Cc2ccccc2)C3)C1. The third-order valence-corrected chi connectivity index (χ3v) is 7.24. The average Bonchev–Trinajstić information content (AvgIpc) is 3.11. The number of rotatable bonds is 6. The molecular formula is C30H33ClN2O3. The molecule has 2 aliphatic heterocycles. The zero-order valence-electron chi connectivity index (χ0n) is 20.8. The lowest BCUT2D eigenvalue weighted by molar-refractivity contribution is -0.131. The Morgan fingerprint density at radius 1 is 1.06 bits per heavy atom. The highest BCUT2D eigenvalue weighted by Gasteiger charge is 2.25.